The van der Waals surface area contributed by atoms with E-state index in [-0.39, 0.29) is 30.4 Å². The Bertz CT molecular complexity index is 986. The first-order valence-electron chi connectivity index (χ1n) is 9.78. The maximum absolute atomic E-state index is 12.3. The van der Waals surface area contributed by atoms with Crippen LogP contribution in [0.1, 0.15) is 24.8 Å². The summed E-state index contributed by atoms with van der Waals surface area (Å²) in [6.07, 6.45) is 9.04. The molecule has 0 aromatic carbocycles. The molecule has 4 atom stereocenters. The van der Waals surface area contributed by atoms with Crippen molar-refractivity contribution in [3.63, 3.8) is 0 Å². The summed E-state index contributed by atoms with van der Waals surface area (Å²) < 4.78 is 18.0. The quantitative estimate of drug-likeness (QED) is 0.270. The standard InChI is InChI=1S/C22H23N2O5/c1-27-21(28-2)18-7-8-19-22-12-16(24(18)19)10-15(17(22)11-20(25)29-22)6-5-14-4-3-9-23(26)13-14/h3-4,9-11,13,16,18-19,21,26H,7-8,12H2,1-2H3/q+1/t16-,18-,19-,22+/m1/s1. The maximum Gasteiger partial charge on any atom is 0.332 e. The molecule has 1 N–H and O–H groups in total. The van der Waals surface area contributed by atoms with E-state index >= 15 is 0 Å². The monoisotopic (exact) mass is 395 g/mol. The van der Waals surface area contributed by atoms with E-state index in [9.17, 15) is 10.0 Å². The highest BCUT2D eigenvalue weighted by atomic mass is 16.7. The number of nitrogens with zero attached hydrogens (tertiary/aromatic N) is 2. The van der Waals surface area contributed by atoms with Gasteiger partial charge in [0.2, 0.25) is 12.4 Å². The minimum atomic E-state index is -0.644. The van der Waals surface area contributed by atoms with Crippen molar-refractivity contribution < 1.29 is 28.9 Å². The molecular weight excluding hydrogens is 372 g/mol. The molecule has 4 heterocycles. The molecular formula is C22H23N2O5+. The number of carbonyl (C=O) groups is 1. The van der Waals surface area contributed by atoms with Gasteiger partial charge in [0, 0.05) is 54.7 Å². The van der Waals surface area contributed by atoms with Gasteiger partial charge < -0.3 is 14.2 Å². The van der Waals surface area contributed by atoms with Crippen molar-refractivity contribution in [3.8, 4) is 11.8 Å². The lowest BCUT2D eigenvalue weighted by Crippen LogP contribution is -2.48. The zero-order valence-electron chi connectivity index (χ0n) is 16.4. The van der Waals surface area contributed by atoms with Gasteiger partial charge in [0.25, 0.3) is 0 Å². The van der Waals surface area contributed by atoms with Crippen molar-refractivity contribution in [1.29, 1.82) is 0 Å². The molecule has 4 aliphatic rings. The molecule has 0 amide bonds. The van der Waals surface area contributed by atoms with Crippen LogP contribution in [-0.4, -0.2) is 60.3 Å². The summed E-state index contributed by atoms with van der Waals surface area (Å²) in [5, 5.41) is 9.59. The molecule has 2 fully saturated rings. The SMILES string of the molecule is COC(OC)[C@H]1CC[C@H]2N1[C@@H]1C=C(C#Cc3ccc[n+](O)c3)C3=CC(=O)O[C@@]32C1. The van der Waals surface area contributed by atoms with Crippen molar-refractivity contribution in [2.75, 3.05) is 14.2 Å². The highest BCUT2D eigenvalue weighted by Gasteiger charge is 2.65. The van der Waals surface area contributed by atoms with Gasteiger partial charge in [-0.05, 0) is 18.9 Å². The number of aromatic nitrogens is 1. The number of esters is 1. The summed E-state index contributed by atoms with van der Waals surface area (Å²) >= 11 is 0. The van der Waals surface area contributed by atoms with Gasteiger partial charge in [-0.25, -0.2) is 4.79 Å². The second-order valence-electron chi connectivity index (χ2n) is 7.89. The van der Waals surface area contributed by atoms with Crippen LogP contribution in [0.15, 0.2) is 47.8 Å². The van der Waals surface area contributed by atoms with E-state index in [2.05, 4.69) is 22.8 Å². The smallest absolute Gasteiger partial charge is 0.332 e. The summed E-state index contributed by atoms with van der Waals surface area (Å²) in [7, 11) is 3.31. The second-order valence-corrected chi connectivity index (χ2v) is 7.89. The van der Waals surface area contributed by atoms with Gasteiger partial charge in [0.1, 0.15) is 0 Å². The van der Waals surface area contributed by atoms with Crippen LogP contribution < -0.4 is 4.73 Å². The minimum absolute atomic E-state index is 0.0925. The zero-order chi connectivity index (χ0) is 20.2. The highest BCUT2D eigenvalue weighted by Crippen LogP contribution is 2.56. The van der Waals surface area contributed by atoms with Crippen molar-refractivity contribution in [3.05, 3.63) is 53.4 Å². The topological polar surface area (TPSA) is 72.1 Å². The molecule has 1 aromatic rings. The first kappa shape index (κ1) is 18.4. The summed E-state index contributed by atoms with van der Waals surface area (Å²) in [6.45, 7) is 0. The number of pyridine rings is 1. The van der Waals surface area contributed by atoms with Crippen LogP contribution in [0.25, 0.3) is 0 Å². The largest absolute Gasteiger partial charge is 0.449 e. The average molecular weight is 395 g/mol. The Kier molecular flexibility index (Phi) is 4.24. The minimum Gasteiger partial charge on any atom is -0.449 e. The Labute approximate surface area is 169 Å². The fourth-order valence-electron chi connectivity index (χ4n) is 5.47. The van der Waals surface area contributed by atoms with E-state index in [1.54, 1.807) is 32.6 Å². The van der Waals surface area contributed by atoms with Crippen LogP contribution in [0.2, 0.25) is 0 Å². The Hall–Kier alpha value is -2.66. The van der Waals surface area contributed by atoms with E-state index < -0.39 is 5.60 Å². The van der Waals surface area contributed by atoms with Gasteiger partial charge in [0.15, 0.2) is 11.9 Å². The molecule has 1 aliphatic carbocycles. The number of fused-ring (bicyclic) bond motifs is 3. The van der Waals surface area contributed by atoms with Crippen LogP contribution in [-0.2, 0) is 19.0 Å². The Morgan fingerprint density at radius 1 is 1.34 bits per heavy atom. The van der Waals surface area contributed by atoms with Gasteiger partial charge in [-0.2, -0.15) is 0 Å². The normalized spacial score (nSPS) is 32.2. The van der Waals surface area contributed by atoms with E-state index in [0.717, 1.165) is 35.1 Å². The van der Waals surface area contributed by atoms with Gasteiger partial charge in [0.05, 0.1) is 17.6 Å². The lowest BCUT2D eigenvalue weighted by molar-refractivity contribution is -0.904. The maximum atomic E-state index is 12.3. The number of ether oxygens (including phenoxy) is 3. The van der Waals surface area contributed by atoms with Gasteiger partial charge >= 0.3 is 5.97 Å². The van der Waals surface area contributed by atoms with Crippen LogP contribution in [0, 0.1) is 11.8 Å². The van der Waals surface area contributed by atoms with Crippen LogP contribution >= 0.6 is 0 Å². The molecule has 7 nitrogen and oxygen atoms in total. The average Bonchev–Trinajstić information content (AvgIpc) is 3.35. The number of carbonyl (C=O) groups excluding carboxylic acids is 1. The van der Waals surface area contributed by atoms with E-state index in [1.165, 1.54) is 6.20 Å². The molecule has 0 radical (unpaired) electrons. The Morgan fingerprint density at radius 3 is 2.93 bits per heavy atom. The van der Waals surface area contributed by atoms with Crippen molar-refractivity contribution in [2.24, 2.45) is 0 Å². The molecule has 0 saturated carbocycles. The molecule has 150 valence electrons. The molecule has 7 heteroatoms. The van der Waals surface area contributed by atoms with Crippen molar-refractivity contribution >= 4 is 5.97 Å². The van der Waals surface area contributed by atoms with E-state index in [1.807, 2.05) is 6.07 Å². The Balaban J connectivity index is 1.55. The third-order valence-electron chi connectivity index (χ3n) is 6.47. The fourth-order valence-corrected chi connectivity index (χ4v) is 5.47. The lowest BCUT2D eigenvalue weighted by Gasteiger charge is -2.33. The molecule has 2 saturated heterocycles. The molecule has 1 aromatic heterocycles. The van der Waals surface area contributed by atoms with Gasteiger partial charge in [-0.1, -0.05) is 17.9 Å². The number of hydrogen-bond acceptors (Lipinski definition) is 6. The summed E-state index contributed by atoms with van der Waals surface area (Å²) in [5.41, 5.74) is 1.74. The molecule has 3 aliphatic heterocycles. The van der Waals surface area contributed by atoms with Crippen LogP contribution in [0.4, 0.5) is 0 Å². The molecule has 5 rings (SSSR count). The predicted octanol–water partition coefficient (Wildman–Crippen LogP) is 0.949. The molecule has 1 spiro atoms. The molecule has 29 heavy (non-hydrogen) atoms. The van der Waals surface area contributed by atoms with E-state index in [4.69, 9.17) is 14.2 Å². The number of hydrogen-bond donors (Lipinski definition) is 1. The highest BCUT2D eigenvalue weighted by molar-refractivity contribution is 5.90. The summed E-state index contributed by atoms with van der Waals surface area (Å²) in [6, 6.07) is 3.85. The predicted molar refractivity (Wildman–Crippen MR) is 101 cm³/mol. The zero-order valence-corrected chi connectivity index (χ0v) is 16.4. The first-order valence-corrected chi connectivity index (χ1v) is 9.78. The number of methoxy groups -OCH3 is 2. The third-order valence-corrected chi connectivity index (χ3v) is 6.47. The molecule has 2 bridgehead atoms. The second kappa shape index (κ2) is 6.70. The summed E-state index contributed by atoms with van der Waals surface area (Å²) in [4.78, 5) is 14.7. The van der Waals surface area contributed by atoms with Gasteiger partial charge in [-0.15, -0.1) is 0 Å². The first-order chi connectivity index (χ1) is 14.1. The number of rotatable bonds is 3. The van der Waals surface area contributed by atoms with Crippen LogP contribution in [0.3, 0.4) is 0 Å². The third kappa shape index (κ3) is 2.71. The lowest BCUT2D eigenvalue weighted by atomic mass is 9.77. The van der Waals surface area contributed by atoms with Crippen molar-refractivity contribution in [2.45, 2.75) is 49.3 Å². The Morgan fingerprint density at radius 2 is 2.17 bits per heavy atom. The van der Waals surface area contributed by atoms with E-state index in [0.29, 0.717) is 5.56 Å². The van der Waals surface area contributed by atoms with Crippen LogP contribution in [0.5, 0.6) is 0 Å². The molecule has 0 unspecified atom stereocenters. The van der Waals surface area contributed by atoms with Crippen molar-refractivity contribution in [1.82, 2.24) is 4.90 Å². The summed E-state index contributed by atoms with van der Waals surface area (Å²) in [5.74, 6) is 6.00. The van der Waals surface area contributed by atoms with Gasteiger partial charge in [-0.3, -0.25) is 10.1 Å². The fraction of sp³-hybridized carbons (Fsp3) is 0.455.